The van der Waals surface area contributed by atoms with Crippen LogP contribution in [0.4, 0.5) is 25.0 Å². The van der Waals surface area contributed by atoms with E-state index in [4.69, 9.17) is 9.47 Å². The lowest BCUT2D eigenvalue weighted by Gasteiger charge is -2.36. The van der Waals surface area contributed by atoms with Gasteiger partial charge in [-0.2, -0.15) is 0 Å². The first-order chi connectivity index (χ1) is 13.1. The molecule has 27 heavy (non-hydrogen) atoms. The van der Waals surface area contributed by atoms with E-state index in [-0.39, 0.29) is 30.1 Å². The molecule has 0 spiro atoms. The maximum absolute atomic E-state index is 14.7. The van der Waals surface area contributed by atoms with Crippen LogP contribution in [-0.2, 0) is 16.1 Å². The van der Waals surface area contributed by atoms with E-state index in [0.29, 0.717) is 13.2 Å². The van der Waals surface area contributed by atoms with Crippen LogP contribution < -0.4 is 10.2 Å². The molecule has 2 saturated heterocycles. The molecule has 2 aromatic rings. The number of nitrogens with one attached hydrogen (secondary N) is 1. The van der Waals surface area contributed by atoms with Gasteiger partial charge in [0.2, 0.25) is 0 Å². The molecule has 2 fully saturated rings. The van der Waals surface area contributed by atoms with Crippen molar-refractivity contribution in [2.24, 2.45) is 0 Å². The minimum Gasteiger partial charge on any atom is -0.444 e. The first-order valence-electron chi connectivity index (χ1n) is 8.94. The van der Waals surface area contributed by atoms with Crippen LogP contribution in [-0.4, -0.2) is 31.4 Å². The van der Waals surface area contributed by atoms with E-state index in [2.05, 4.69) is 5.32 Å². The summed E-state index contributed by atoms with van der Waals surface area (Å²) in [5.74, 6) is -1.40. The van der Waals surface area contributed by atoms with Crippen molar-refractivity contribution >= 4 is 17.5 Å². The number of carbonyl (C=O) groups is 1. The quantitative estimate of drug-likeness (QED) is 0.876. The summed E-state index contributed by atoms with van der Waals surface area (Å²) in [6.45, 7) is 1.02. The molecule has 0 aliphatic carbocycles. The predicted octanol–water partition coefficient (Wildman–Crippen LogP) is 4.08. The Morgan fingerprint density at radius 1 is 1.11 bits per heavy atom. The molecule has 1 N–H and O–H groups in total. The maximum Gasteiger partial charge on any atom is 0.411 e. The number of morpholine rings is 1. The van der Waals surface area contributed by atoms with Crippen molar-refractivity contribution in [2.45, 2.75) is 31.5 Å². The van der Waals surface area contributed by atoms with Gasteiger partial charge in [0.15, 0.2) is 11.6 Å². The lowest BCUT2D eigenvalue weighted by Crippen LogP contribution is -2.46. The van der Waals surface area contributed by atoms with Crippen LogP contribution in [0.1, 0.15) is 18.4 Å². The number of hydrogen-bond donors (Lipinski definition) is 1. The van der Waals surface area contributed by atoms with Gasteiger partial charge < -0.3 is 14.4 Å². The molecule has 142 valence electrons. The third-order valence-corrected chi connectivity index (χ3v) is 4.97. The third kappa shape index (κ3) is 3.73. The van der Waals surface area contributed by atoms with Crippen LogP contribution in [0.3, 0.4) is 0 Å². The second-order valence-electron chi connectivity index (χ2n) is 6.80. The highest BCUT2D eigenvalue weighted by Crippen LogP contribution is 2.38. The fourth-order valence-corrected chi connectivity index (χ4v) is 3.76. The fourth-order valence-electron chi connectivity index (χ4n) is 3.76. The van der Waals surface area contributed by atoms with Crippen molar-refractivity contribution in [3.8, 4) is 0 Å². The monoisotopic (exact) mass is 374 g/mol. The minimum absolute atomic E-state index is 0.0117. The van der Waals surface area contributed by atoms with Crippen molar-refractivity contribution in [1.82, 2.24) is 0 Å². The summed E-state index contributed by atoms with van der Waals surface area (Å²) >= 11 is 0. The van der Waals surface area contributed by atoms with Crippen LogP contribution >= 0.6 is 0 Å². The van der Waals surface area contributed by atoms with Gasteiger partial charge in [-0.3, -0.25) is 5.32 Å². The Labute approximate surface area is 155 Å². The molecule has 7 heteroatoms. The Morgan fingerprint density at radius 3 is 2.37 bits per heavy atom. The molecular weight excluding hydrogens is 354 g/mol. The van der Waals surface area contributed by atoms with Gasteiger partial charge in [0, 0.05) is 5.69 Å². The van der Waals surface area contributed by atoms with Crippen molar-refractivity contribution in [3.05, 3.63) is 59.7 Å². The summed E-state index contributed by atoms with van der Waals surface area (Å²) in [6.07, 6.45) is 0.946. The number of hydrogen-bond acceptors (Lipinski definition) is 4. The Morgan fingerprint density at radius 2 is 1.74 bits per heavy atom. The molecule has 5 nitrogen and oxygen atoms in total. The third-order valence-electron chi connectivity index (χ3n) is 4.97. The Hall–Kier alpha value is -2.67. The standard InChI is InChI=1S/C20H20F2N2O3/c21-17-8-14(23-20(25)27-10-13-4-2-1-3-5-13)9-18(22)19(17)24-15-6-7-16(24)12-26-11-15/h1-5,8-9,15-16H,6-7,10-12H2,(H,23,25). The van der Waals surface area contributed by atoms with Crippen LogP contribution in [0.25, 0.3) is 0 Å². The van der Waals surface area contributed by atoms with Gasteiger partial charge in [-0.15, -0.1) is 0 Å². The zero-order chi connectivity index (χ0) is 18.8. The summed E-state index contributed by atoms with van der Waals surface area (Å²) in [5.41, 5.74) is 0.796. The zero-order valence-corrected chi connectivity index (χ0v) is 14.7. The molecule has 0 radical (unpaired) electrons. The van der Waals surface area contributed by atoms with Crippen molar-refractivity contribution in [3.63, 3.8) is 0 Å². The molecule has 2 bridgehead atoms. The minimum atomic E-state index is -0.767. The number of nitrogens with zero attached hydrogens (tertiary/aromatic N) is 1. The molecule has 0 saturated carbocycles. The van der Waals surface area contributed by atoms with Gasteiger partial charge in [0.05, 0.1) is 25.3 Å². The lowest BCUT2D eigenvalue weighted by molar-refractivity contribution is 0.0898. The second kappa shape index (κ2) is 7.52. The summed E-state index contributed by atoms with van der Waals surface area (Å²) in [4.78, 5) is 13.7. The van der Waals surface area contributed by atoms with Gasteiger partial charge >= 0.3 is 6.09 Å². The topological polar surface area (TPSA) is 50.8 Å². The number of carbonyl (C=O) groups excluding carboxylic acids is 1. The normalized spacial score (nSPS) is 21.2. The van der Waals surface area contributed by atoms with E-state index in [1.807, 2.05) is 30.3 Å². The smallest absolute Gasteiger partial charge is 0.411 e. The van der Waals surface area contributed by atoms with Gasteiger partial charge in [-0.05, 0) is 30.5 Å². The molecule has 1 amide bonds. The highest BCUT2D eigenvalue weighted by atomic mass is 19.1. The van der Waals surface area contributed by atoms with Crippen molar-refractivity contribution in [2.75, 3.05) is 23.4 Å². The number of benzene rings is 2. The molecular formula is C20H20F2N2O3. The first-order valence-corrected chi connectivity index (χ1v) is 8.94. The van der Waals surface area contributed by atoms with E-state index in [9.17, 15) is 13.6 Å². The van der Waals surface area contributed by atoms with Crippen LogP contribution in [0.5, 0.6) is 0 Å². The summed E-state index contributed by atoms with van der Waals surface area (Å²) < 4.78 is 39.9. The first kappa shape index (κ1) is 17.7. The lowest BCUT2D eigenvalue weighted by atomic mass is 10.1. The number of rotatable bonds is 4. The molecule has 2 heterocycles. The average Bonchev–Trinajstić information content (AvgIpc) is 2.88. The van der Waals surface area contributed by atoms with Gasteiger partial charge in [-0.1, -0.05) is 30.3 Å². The van der Waals surface area contributed by atoms with Gasteiger partial charge in [0.25, 0.3) is 0 Å². The van der Waals surface area contributed by atoms with Crippen LogP contribution in [0.15, 0.2) is 42.5 Å². The van der Waals surface area contributed by atoms with E-state index >= 15 is 0 Å². The van der Waals surface area contributed by atoms with Gasteiger partial charge in [-0.25, -0.2) is 13.6 Å². The number of amides is 1. The molecule has 2 aliphatic rings. The highest BCUT2D eigenvalue weighted by molar-refractivity contribution is 5.85. The largest absolute Gasteiger partial charge is 0.444 e. The summed E-state index contributed by atoms with van der Waals surface area (Å²) in [7, 11) is 0. The molecule has 2 atom stereocenters. The van der Waals surface area contributed by atoms with E-state index in [1.165, 1.54) is 0 Å². The van der Waals surface area contributed by atoms with Crippen molar-refractivity contribution < 1.29 is 23.0 Å². The van der Waals surface area contributed by atoms with Gasteiger partial charge in [0.1, 0.15) is 12.3 Å². The Kier molecular flexibility index (Phi) is 4.94. The molecule has 0 aromatic heterocycles. The Bertz CT molecular complexity index is 792. The zero-order valence-electron chi connectivity index (χ0n) is 14.7. The van der Waals surface area contributed by atoms with Crippen LogP contribution in [0, 0.1) is 11.6 Å². The number of fused-ring (bicyclic) bond motifs is 2. The molecule has 2 aromatic carbocycles. The molecule has 4 rings (SSSR count). The van der Waals surface area contributed by atoms with E-state index in [0.717, 1.165) is 30.5 Å². The SMILES string of the molecule is O=C(Nc1cc(F)c(N2C3CCC2COC3)c(F)c1)OCc1ccccc1. The van der Waals surface area contributed by atoms with E-state index in [1.54, 1.807) is 4.90 Å². The predicted molar refractivity (Wildman–Crippen MR) is 96.7 cm³/mol. The molecule has 2 unspecified atom stereocenters. The number of halogens is 2. The molecule has 2 aliphatic heterocycles. The fraction of sp³-hybridized carbons (Fsp3) is 0.350. The van der Waals surface area contributed by atoms with E-state index < -0.39 is 17.7 Å². The summed E-state index contributed by atoms with van der Waals surface area (Å²) in [6, 6.07) is 11.4. The average molecular weight is 374 g/mol. The number of ether oxygens (including phenoxy) is 2. The highest BCUT2D eigenvalue weighted by Gasteiger charge is 2.40. The second-order valence-corrected chi connectivity index (χ2v) is 6.80. The number of anilines is 2. The maximum atomic E-state index is 14.7. The summed E-state index contributed by atoms with van der Waals surface area (Å²) in [5, 5.41) is 2.38. The van der Waals surface area contributed by atoms with Crippen molar-refractivity contribution in [1.29, 1.82) is 0 Å². The Balaban J connectivity index is 1.45. The van der Waals surface area contributed by atoms with Crippen LogP contribution in [0.2, 0.25) is 0 Å².